The maximum absolute atomic E-state index is 13.3. The van der Waals surface area contributed by atoms with Gasteiger partial charge in [0.2, 0.25) is 0 Å². The second kappa shape index (κ2) is 8.24. The fourth-order valence-corrected chi connectivity index (χ4v) is 4.69. The Hall–Kier alpha value is -3.73. The van der Waals surface area contributed by atoms with Gasteiger partial charge in [-0.1, -0.05) is 0 Å². The van der Waals surface area contributed by atoms with Crippen molar-refractivity contribution < 1.29 is 14.3 Å². The Labute approximate surface area is 199 Å². The number of nitrogens with one attached hydrogen (secondary N) is 1. The number of carbonyl (C=O) groups is 1. The van der Waals surface area contributed by atoms with Gasteiger partial charge in [-0.2, -0.15) is 0 Å². The maximum atomic E-state index is 13.3. The highest BCUT2D eigenvalue weighted by atomic mass is 32.1. The molecule has 2 aliphatic carbocycles. The van der Waals surface area contributed by atoms with Crippen molar-refractivity contribution in [3.63, 3.8) is 0 Å². The molecule has 3 heterocycles. The Bertz CT molecular complexity index is 1370. The molecule has 1 N–H and O–H groups in total. The lowest BCUT2D eigenvalue weighted by Gasteiger charge is -2.15. The fourth-order valence-electron chi connectivity index (χ4n) is 3.95. The highest BCUT2D eigenvalue weighted by Gasteiger charge is 2.28. The van der Waals surface area contributed by atoms with E-state index in [4.69, 9.17) is 9.47 Å². The molecule has 1 aromatic carbocycles. The van der Waals surface area contributed by atoms with Crippen LogP contribution in [0.2, 0.25) is 0 Å². The van der Waals surface area contributed by atoms with E-state index in [1.165, 1.54) is 18.4 Å². The average molecular weight is 478 g/mol. The Morgan fingerprint density at radius 3 is 2.68 bits per heavy atom. The summed E-state index contributed by atoms with van der Waals surface area (Å²) in [6.07, 6.45) is 10.1. The van der Waals surface area contributed by atoms with Crippen LogP contribution in [-0.2, 0) is 0 Å². The smallest absolute Gasteiger partial charge is 0.260 e. The molecule has 10 nitrogen and oxygen atoms in total. The topological polar surface area (TPSA) is 109 Å². The quantitative estimate of drug-likeness (QED) is 0.407. The summed E-state index contributed by atoms with van der Waals surface area (Å²) < 4.78 is 15.0. The number of hydrogen-bond acceptors (Lipinski definition) is 8. The summed E-state index contributed by atoms with van der Waals surface area (Å²) in [5.74, 6) is 2.37. The van der Waals surface area contributed by atoms with Crippen LogP contribution < -0.4 is 14.8 Å². The minimum atomic E-state index is -0.330. The largest absolute Gasteiger partial charge is 0.496 e. The van der Waals surface area contributed by atoms with E-state index in [0.29, 0.717) is 45.5 Å². The van der Waals surface area contributed by atoms with Crippen molar-refractivity contribution in [1.29, 1.82) is 0 Å². The molecule has 6 rings (SSSR count). The van der Waals surface area contributed by atoms with E-state index in [0.717, 1.165) is 37.2 Å². The molecule has 11 heteroatoms. The molecule has 2 saturated carbocycles. The Morgan fingerprint density at radius 2 is 1.94 bits per heavy atom. The molecule has 3 aromatic heterocycles. The van der Waals surface area contributed by atoms with E-state index < -0.39 is 0 Å². The van der Waals surface area contributed by atoms with Crippen molar-refractivity contribution in [3.8, 4) is 28.0 Å². The number of methoxy groups -OCH3 is 2. The van der Waals surface area contributed by atoms with Crippen molar-refractivity contribution >= 4 is 23.1 Å². The van der Waals surface area contributed by atoms with Crippen LogP contribution in [0.15, 0.2) is 36.4 Å². The second-order valence-corrected chi connectivity index (χ2v) is 9.35. The molecule has 0 bridgehead atoms. The van der Waals surface area contributed by atoms with Crippen LogP contribution in [0.5, 0.6) is 11.5 Å². The molecule has 0 saturated heterocycles. The number of hydrogen-bond donors (Lipinski definition) is 1. The molecule has 0 spiro atoms. The first kappa shape index (κ1) is 20.8. The van der Waals surface area contributed by atoms with Crippen LogP contribution in [0.25, 0.3) is 16.5 Å². The Morgan fingerprint density at radius 1 is 1.12 bits per heavy atom. The zero-order valence-electron chi connectivity index (χ0n) is 18.8. The summed E-state index contributed by atoms with van der Waals surface area (Å²) in [6.45, 7) is 0. The predicted octanol–water partition coefficient (Wildman–Crippen LogP) is 4.07. The van der Waals surface area contributed by atoms with Crippen LogP contribution >= 0.6 is 11.3 Å². The van der Waals surface area contributed by atoms with Crippen molar-refractivity contribution in [2.45, 2.75) is 37.6 Å². The third kappa shape index (κ3) is 3.81. The van der Waals surface area contributed by atoms with Gasteiger partial charge in [0.05, 0.1) is 37.5 Å². The summed E-state index contributed by atoms with van der Waals surface area (Å²) in [5.41, 5.74) is 2.14. The lowest BCUT2D eigenvalue weighted by molar-refractivity contribution is 0.102. The number of aromatic nitrogens is 6. The van der Waals surface area contributed by atoms with E-state index in [9.17, 15) is 4.79 Å². The molecule has 174 valence electrons. The monoisotopic (exact) mass is 477 g/mol. The average Bonchev–Trinajstić information content (AvgIpc) is 3.73. The van der Waals surface area contributed by atoms with E-state index >= 15 is 0 Å². The van der Waals surface area contributed by atoms with Crippen LogP contribution in [-0.4, -0.2) is 49.4 Å². The van der Waals surface area contributed by atoms with Gasteiger partial charge in [0.1, 0.15) is 23.6 Å². The molecule has 1 amide bonds. The molecular formula is C23H23N7O3S. The zero-order chi connectivity index (χ0) is 23.2. The van der Waals surface area contributed by atoms with E-state index in [2.05, 4.69) is 25.5 Å². The van der Waals surface area contributed by atoms with E-state index in [1.807, 2.05) is 15.3 Å². The summed E-state index contributed by atoms with van der Waals surface area (Å²) in [7, 11) is 3.12. The first-order valence-electron chi connectivity index (χ1n) is 11.1. The van der Waals surface area contributed by atoms with Gasteiger partial charge in [-0.05, 0) is 31.7 Å². The first-order chi connectivity index (χ1) is 16.6. The molecular weight excluding hydrogens is 454 g/mol. The zero-order valence-corrected chi connectivity index (χ0v) is 19.6. The first-order valence-corrected chi connectivity index (χ1v) is 12.0. The van der Waals surface area contributed by atoms with Gasteiger partial charge in [-0.25, -0.2) is 9.97 Å². The number of anilines is 1. The molecule has 0 radical (unpaired) electrons. The van der Waals surface area contributed by atoms with Gasteiger partial charge >= 0.3 is 0 Å². The summed E-state index contributed by atoms with van der Waals surface area (Å²) in [6, 6.07) is 3.91. The molecule has 0 aliphatic heterocycles. The van der Waals surface area contributed by atoms with Crippen LogP contribution in [0.4, 0.5) is 5.82 Å². The minimum absolute atomic E-state index is 0.330. The number of amides is 1. The maximum Gasteiger partial charge on any atom is 0.260 e. The third-order valence-corrected chi connectivity index (χ3v) is 6.91. The number of imidazole rings is 1. The number of benzene rings is 1. The number of ether oxygens (including phenoxy) is 2. The highest BCUT2D eigenvalue weighted by molar-refractivity contribution is 7.13. The normalized spacial score (nSPS) is 15.4. The van der Waals surface area contributed by atoms with Crippen molar-refractivity contribution in [1.82, 2.24) is 29.3 Å². The molecule has 4 aromatic rings. The van der Waals surface area contributed by atoms with Crippen molar-refractivity contribution in [2.24, 2.45) is 0 Å². The summed E-state index contributed by atoms with van der Waals surface area (Å²) >= 11 is 1.42. The van der Waals surface area contributed by atoms with Gasteiger partial charge in [-0.15, -0.1) is 21.5 Å². The lowest BCUT2D eigenvalue weighted by Crippen LogP contribution is -2.14. The molecule has 0 unspecified atom stereocenters. The van der Waals surface area contributed by atoms with Crippen LogP contribution in [0.1, 0.15) is 53.7 Å². The lowest BCUT2D eigenvalue weighted by atomic mass is 10.1. The van der Waals surface area contributed by atoms with Gasteiger partial charge in [-0.3, -0.25) is 4.79 Å². The number of carbonyl (C=O) groups excluding carboxylic acids is 1. The Kier molecular flexibility index (Phi) is 5.05. The van der Waals surface area contributed by atoms with Crippen molar-refractivity contribution in [3.05, 3.63) is 47.6 Å². The highest BCUT2D eigenvalue weighted by Crippen LogP contribution is 2.40. The molecule has 0 atom stereocenters. The molecule has 2 aliphatic rings. The molecule has 2 fully saturated rings. The summed E-state index contributed by atoms with van der Waals surface area (Å²) in [4.78, 5) is 22.3. The standard InChI is InChI=1S/C23H23N7O3S/c1-32-18-8-19(33-2)17(29-9-16(24-11-29)13-3-4-13)7-15(18)22(31)26-20-10-34-23(27-20)21-28-25-12-30(21)14-5-6-14/h7-14H,3-6H2,1-2H3,(H,26,31). The van der Waals surface area contributed by atoms with Gasteiger partial charge in [0.15, 0.2) is 10.8 Å². The third-order valence-electron chi connectivity index (χ3n) is 6.07. The van der Waals surface area contributed by atoms with E-state index in [1.54, 1.807) is 37.3 Å². The minimum Gasteiger partial charge on any atom is -0.496 e. The van der Waals surface area contributed by atoms with Crippen molar-refractivity contribution in [2.75, 3.05) is 19.5 Å². The van der Waals surface area contributed by atoms with Gasteiger partial charge in [0.25, 0.3) is 5.91 Å². The fraction of sp³-hybridized carbons (Fsp3) is 0.348. The van der Waals surface area contributed by atoms with Crippen LogP contribution in [0, 0.1) is 0 Å². The van der Waals surface area contributed by atoms with Gasteiger partial charge in [0, 0.05) is 29.6 Å². The number of rotatable bonds is 8. The summed E-state index contributed by atoms with van der Waals surface area (Å²) in [5, 5.41) is 13.6. The molecule has 34 heavy (non-hydrogen) atoms. The second-order valence-electron chi connectivity index (χ2n) is 8.49. The van der Waals surface area contributed by atoms with E-state index in [-0.39, 0.29) is 5.91 Å². The van der Waals surface area contributed by atoms with Crippen LogP contribution in [0.3, 0.4) is 0 Å². The number of nitrogens with zero attached hydrogens (tertiary/aromatic N) is 6. The Balaban J connectivity index is 1.29. The van der Waals surface area contributed by atoms with Gasteiger partial charge < -0.3 is 23.9 Å². The predicted molar refractivity (Wildman–Crippen MR) is 126 cm³/mol. The SMILES string of the molecule is COc1cc(OC)c(-n2cnc(C3CC3)c2)cc1C(=O)Nc1csc(-c2nncn2C2CC2)n1. The number of thiazole rings is 1.